The van der Waals surface area contributed by atoms with Crippen LogP contribution < -0.4 is 4.74 Å². The summed E-state index contributed by atoms with van der Waals surface area (Å²) in [5.41, 5.74) is 2.39. The van der Waals surface area contributed by atoms with E-state index in [0.717, 1.165) is 29.7 Å². The molecule has 154 valence electrons. The zero-order valence-corrected chi connectivity index (χ0v) is 15.8. The molecule has 2 aliphatic rings. The summed E-state index contributed by atoms with van der Waals surface area (Å²) < 4.78 is 43.0. The van der Waals surface area contributed by atoms with Crippen LogP contribution >= 0.6 is 0 Å². The summed E-state index contributed by atoms with van der Waals surface area (Å²) in [5.74, 6) is -0.275. The number of benzene rings is 1. The Morgan fingerprint density at radius 2 is 1.93 bits per heavy atom. The van der Waals surface area contributed by atoms with Gasteiger partial charge in [-0.3, -0.25) is 9.67 Å². The van der Waals surface area contributed by atoms with Crippen LogP contribution in [0.5, 0.6) is 5.75 Å². The van der Waals surface area contributed by atoms with Crippen LogP contribution in [0.2, 0.25) is 0 Å². The number of alkyl halides is 3. The minimum atomic E-state index is -4.73. The van der Waals surface area contributed by atoms with Gasteiger partial charge in [0.1, 0.15) is 5.75 Å². The number of hydrogen-bond donors (Lipinski definition) is 1. The molecular weight excluding hydrogens is 385 g/mol. The molecule has 1 saturated carbocycles. The molecule has 2 heterocycles. The van der Waals surface area contributed by atoms with Crippen LogP contribution in [0.25, 0.3) is 5.70 Å². The van der Waals surface area contributed by atoms with E-state index in [2.05, 4.69) is 14.8 Å². The predicted molar refractivity (Wildman–Crippen MR) is 101 cm³/mol. The first-order valence-corrected chi connectivity index (χ1v) is 9.36. The maximum Gasteiger partial charge on any atom is 0.573 e. The summed E-state index contributed by atoms with van der Waals surface area (Å²) in [4.78, 5) is 6.65. The van der Waals surface area contributed by atoms with Crippen molar-refractivity contribution >= 4 is 11.9 Å². The minimum absolute atomic E-state index is 0.144. The molecule has 0 radical (unpaired) electrons. The number of aromatic nitrogens is 2. The number of hydrogen-bond acceptors (Lipinski definition) is 5. The number of allylic oxidation sites excluding steroid dienone is 1. The second-order valence-electron chi connectivity index (χ2n) is 7.22. The van der Waals surface area contributed by atoms with Gasteiger partial charge in [-0.25, -0.2) is 0 Å². The maximum absolute atomic E-state index is 12.5. The zero-order chi connectivity index (χ0) is 20.6. The van der Waals surface area contributed by atoms with E-state index in [-0.39, 0.29) is 18.0 Å². The Labute approximate surface area is 165 Å². The summed E-state index contributed by atoms with van der Waals surface area (Å²) >= 11 is 0. The molecule has 1 unspecified atom stereocenters. The smallest absolute Gasteiger partial charge is 0.406 e. The van der Waals surface area contributed by atoms with Gasteiger partial charge < -0.3 is 14.7 Å². The Kier molecular flexibility index (Phi) is 5.08. The average Bonchev–Trinajstić information content (AvgIpc) is 3.28. The molecule has 3 atom stereocenters. The van der Waals surface area contributed by atoms with E-state index in [0.29, 0.717) is 6.42 Å². The zero-order valence-electron chi connectivity index (χ0n) is 15.8. The van der Waals surface area contributed by atoms with Gasteiger partial charge in [-0.1, -0.05) is 0 Å². The minimum Gasteiger partial charge on any atom is -0.406 e. The summed E-state index contributed by atoms with van der Waals surface area (Å²) in [7, 11) is 1.82. The van der Waals surface area contributed by atoms with Crippen LogP contribution in [0.3, 0.4) is 0 Å². The highest BCUT2D eigenvalue weighted by Crippen LogP contribution is 2.40. The van der Waals surface area contributed by atoms with Gasteiger partial charge in [0.2, 0.25) is 0 Å². The van der Waals surface area contributed by atoms with Crippen LogP contribution in [0.1, 0.15) is 36.6 Å². The lowest BCUT2D eigenvalue weighted by Gasteiger charge is -2.40. The van der Waals surface area contributed by atoms with Gasteiger partial charge in [-0.05, 0) is 55.2 Å². The Morgan fingerprint density at radius 3 is 2.52 bits per heavy atom. The fourth-order valence-corrected chi connectivity index (χ4v) is 3.98. The molecule has 0 saturated heterocycles. The first-order valence-electron chi connectivity index (χ1n) is 9.36. The second-order valence-corrected chi connectivity index (χ2v) is 7.22. The third-order valence-electron chi connectivity index (χ3n) is 5.21. The van der Waals surface area contributed by atoms with E-state index >= 15 is 0 Å². The van der Waals surface area contributed by atoms with Crippen molar-refractivity contribution in [1.29, 1.82) is 0 Å². The summed E-state index contributed by atoms with van der Waals surface area (Å²) in [6, 6.07) is 5.60. The topological polar surface area (TPSA) is 62.9 Å². The largest absolute Gasteiger partial charge is 0.573 e. The van der Waals surface area contributed by atoms with Gasteiger partial charge in [-0.2, -0.15) is 5.10 Å². The van der Waals surface area contributed by atoms with Crippen molar-refractivity contribution in [3.05, 3.63) is 53.9 Å². The molecule has 1 aliphatic carbocycles. The molecule has 4 rings (SSSR count). The van der Waals surface area contributed by atoms with Crippen LogP contribution in [0.4, 0.5) is 13.2 Å². The van der Waals surface area contributed by atoms with Gasteiger partial charge in [0.25, 0.3) is 0 Å². The van der Waals surface area contributed by atoms with Gasteiger partial charge in [0, 0.05) is 30.7 Å². The van der Waals surface area contributed by atoms with Crippen LogP contribution in [-0.4, -0.2) is 44.5 Å². The first kappa shape index (κ1) is 19.5. The molecule has 9 heteroatoms. The standard InChI is InChI=1S/C20H21F3N4O2/c1-26-12-14(11-25-26)19-24-10-9-16(27(19)17-3-2-4-18(17)28)13-5-7-15(8-6-13)29-20(21,22)23/h5-12,17-19,28H,2-4H2,1H3/t17-,18-,19?/m1/s1. The lowest BCUT2D eigenvalue weighted by molar-refractivity contribution is -0.274. The molecule has 0 bridgehead atoms. The van der Waals surface area contributed by atoms with Crippen LogP contribution in [0.15, 0.2) is 47.7 Å². The van der Waals surface area contributed by atoms with E-state index in [1.54, 1.807) is 29.2 Å². The monoisotopic (exact) mass is 406 g/mol. The van der Waals surface area contributed by atoms with Crippen molar-refractivity contribution in [3.63, 3.8) is 0 Å². The predicted octanol–water partition coefficient (Wildman–Crippen LogP) is 3.66. The Hall–Kier alpha value is -2.81. The molecule has 6 nitrogen and oxygen atoms in total. The third-order valence-corrected chi connectivity index (χ3v) is 5.21. The number of aliphatic imine (C=N–C) groups is 1. The molecule has 2 aromatic rings. The Balaban J connectivity index is 1.68. The third kappa shape index (κ3) is 4.14. The number of rotatable bonds is 4. The van der Waals surface area contributed by atoms with Gasteiger partial charge in [0.05, 0.1) is 18.3 Å². The lowest BCUT2D eigenvalue weighted by Crippen LogP contribution is -2.42. The summed E-state index contributed by atoms with van der Waals surface area (Å²) in [6.45, 7) is 0. The van der Waals surface area contributed by atoms with Gasteiger partial charge in [-0.15, -0.1) is 13.2 Å². The Bertz CT molecular complexity index is 921. The fraction of sp³-hybridized carbons (Fsp3) is 0.400. The number of halogens is 3. The normalized spacial score (nSPS) is 24.7. The van der Waals surface area contributed by atoms with Gasteiger partial charge in [0.15, 0.2) is 6.17 Å². The molecule has 1 aromatic carbocycles. The van der Waals surface area contributed by atoms with E-state index in [1.165, 1.54) is 12.1 Å². The van der Waals surface area contributed by atoms with Gasteiger partial charge >= 0.3 is 6.36 Å². The second kappa shape index (κ2) is 7.55. The van der Waals surface area contributed by atoms with E-state index < -0.39 is 12.5 Å². The molecule has 1 N–H and O–H groups in total. The fourth-order valence-electron chi connectivity index (χ4n) is 3.98. The molecule has 1 aliphatic heterocycles. The first-order chi connectivity index (χ1) is 13.8. The molecular formula is C20H21F3N4O2. The molecule has 1 fully saturated rings. The average molecular weight is 406 g/mol. The highest BCUT2D eigenvalue weighted by atomic mass is 19.4. The van der Waals surface area contributed by atoms with Crippen molar-refractivity contribution in [2.75, 3.05) is 0 Å². The number of aliphatic hydroxyl groups is 1. The number of aryl methyl sites for hydroxylation is 1. The van der Waals surface area contributed by atoms with Crippen LogP contribution in [-0.2, 0) is 7.05 Å². The quantitative estimate of drug-likeness (QED) is 0.842. The van der Waals surface area contributed by atoms with Crippen molar-refractivity contribution < 1.29 is 23.0 Å². The highest BCUT2D eigenvalue weighted by Gasteiger charge is 2.38. The summed E-state index contributed by atoms with van der Waals surface area (Å²) in [6.07, 6.45) is 3.92. The number of aliphatic hydroxyl groups excluding tert-OH is 1. The number of nitrogens with zero attached hydrogens (tertiary/aromatic N) is 4. The molecule has 0 spiro atoms. The van der Waals surface area contributed by atoms with Crippen molar-refractivity contribution in [2.24, 2.45) is 12.0 Å². The van der Waals surface area contributed by atoms with E-state index in [1.807, 2.05) is 24.2 Å². The lowest BCUT2D eigenvalue weighted by atomic mass is 10.0. The Morgan fingerprint density at radius 1 is 1.17 bits per heavy atom. The highest BCUT2D eigenvalue weighted by molar-refractivity contribution is 5.86. The van der Waals surface area contributed by atoms with Crippen molar-refractivity contribution in [1.82, 2.24) is 14.7 Å². The SMILES string of the molecule is Cn1cc(C2N=CC=C(c3ccc(OC(F)(F)F)cc3)N2[C@@H]2CCC[C@H]2O)cn1. The molecule has 0 amide bonds. The summed E-state index contributed by atoms with van der Waals surface area (Å²) in [5, 5.41) is 14.8. The van der Waals surface area contributed by atoms with E-state index in [9.17, 15) is 18.3 Å². The molecule has 1 aromatic heterocycles. The van der Waals surface area contributed by atoms with Crippen molar-refractivity contribution in [2.45, 2.75) is 43.9 Å². The van der Waals surface area contributed by atoms with E-state index in [4.69, 9.17) is 0 Å². The maximum atomic E-state index is 12.5. The number of ether oxygens (including phenoxy) is 1. The molecule has 29 heavy (non-hydrogen) atoms. The van der Waals surface area contributed by atoms with Crippen LogP contribution in [0, 0.1) is 0 Å². The van der Waals surface area contributed by atoms with Crippen molar-refractivity contribution in [3.8, 4) is 5.75 Å².